The molecule has 0 radical (unpaired) electrons. The molecule has 3 nitrogen and oxygen atoms in total. The molecule has 2 aromatic rings. The summed E-state index contributed by atoms with van der Waals surface area (Å²) in [5.41, 5.74) is 2.03. The first kappa shape index (κ1) is 11.0. The lowest BCUT2D eigenvalue weighted by Gasteiger charge is -1.94. The molecule has 82 valence electrons. The molecule has 0 bridgehead atoms. The number of Topliss-reactive ketones (excluding diaryl/α,β-unsaturated/α-hetero) is 1. The number of carbonyl (C=O) groups is 1. The molecule has 2 heterocycles. The van der Waals surface area contributed by atoms with Gasteiger partial charge in [-0.15, -0.1) is 11.3 Å². The van der Waals surface area contributed by atoms with Crippen LogP contribution in [0.2, 0.25) is 0 Å². The summed E-state index contributed by atoms with van der Waals surface area (Å²) in [4.78, 5) is 19.3. The number of carbonyl (C=O) groups excluding carboxylic acids is 1. The lowest BCUT2D eigenvalue weighted by molar-refractivity contribution is -0.116. The number of nitrogens with zero attached hydrogens (tertiary/aromatic N) is 2. The van der Waals surface area contributed by atoms with Crippen molar-refractivity contribution in [3.8, 4) is 11.3 Å². The van der Waals surface area contributed by atoms with Crippen molar-refractivity contribution in [3.63, 3.8) is 0 Å². The summed E-state index contributed by atoms with van der Waals surface area (Å²) in [6.07, 6.45) is 4.82. The van der Waals surface area contributed by atoms with Gasteiger partial charge < -0.3 is 4.79 Å². The normalized spacial score (nSPS) is 10.3. The number of pyridine rings is 1. The van der Waals surface area contributed by atoms with Crippen molar-refractivity contribution in [2.75, 3.05) is 0 Å². The number of rotatable bonds is 4. The number of aromatic nitrogens is 2. The Morgan fingerprint density at radius 1 is 1.38 bits per heavy atom. The summed E-state index contributed by atoms with van der Waals surface area (Å²) in [7, 11) is 0. The van der Waals surface area contributed by atoms with Gasteiger partial charge in [0.15, 0.2) is 0 Å². The molecular formula is C12H12N2OS. The Hall–Kier alpha value is -1.55. The average molecular weight is 232 g/mol. The Balaban J connectivity index is 2.11. The molecule has 0 fully saturated rings. The first-order valence-electron chi connectivity index (χ1n) is 5.10. The van der Waals surface area contributed by atoms with Crippen LogP contribution in [-0.2, 0) is 11.2 Å². The van der Waals surface area contributed by atoms with Gasteiger partial charge in [-0.1, -0.05) is 0 Å². The predicted octanol–water partition coefficient (Wildman–Crippen LogP) is 2.73. The van der Waals surface area contributed by atoms with Crippen LogP contribution in [0.5, 0.6) is 0 Å². The highest BCUT2D eigenvalue weighted by atomic mass is 32.1. The molecule has 0 spiro atoms. The minimum absolute atomic E-state index is 0.209. The molecule has 0 atom stereocenters. The van der Waals surface area contributed by atoms with Gasteiger partial charge in [-0.25, -0.2) is 4.98 Å². The SMILES string of the molecule is CC(=O)CCc1nc(-c2ccncc2)cs1. The molecule has 0 amide bonds. The van der Waals surface area contributed by atoms with Crippen molar-refractivity contribution in [1.29, 1.82) is 0 Å². The monoisotopic (exact) mass is 232 g/mol. The van der Waals surface area contributed by atoms with Crippen LogP contribution in [0, 0.1) is 0 Å². The van der Waals surface area contributed by atoms with Gasteiger partial charge >= 0.3 is 0 Å². The fourth-order valence-electron chi connectivity index (χ4n) is 1.36. The zero-order valence-corrected chi connectivity index (χ0v) is 9.83. The molecule has 2 rings (SSSR count). The third-order valence-corrected chi connectivity index (χ3v) is 3.13. The number of hydrogen-bond donors (Lipinski definition) is 0. The van der Waals surface area contributed by atoms with E-state index in [1.54, 1.807) is 30.7 Å². The largest absolute Gasteiger partial charge is 0.300 e. The highest BCUT2D eigenvalue weighted by molar-refractivity contribution is 7.09. The molecule has 0 aliphatic heterocycles. The maximum atomic E-state index is 10.9. The molecule has 16 heavy (non-hydrogen) atoms. The van der Waals surface area contributed by atoms with Crippen LogP contribution in [0.1, 0.15) is 18.4 Å². The molecule has 0 saturated heterocycles. The van der Waals surface area contributed by atoms with Gasteiger partial charge in [-0.2, -0.15) is 0 Å². The smallest absolute Gasteiger partial charge is 0.130 e. The molecule has 4 heteroatoms. The van der Waals surface area contributed by atoms with Crippen LogP contribution in [0.25, 0.3) is 11.3 Å². The summed E-state index contributed by atoms with van der Waals surface area (Å²) in [5, 5.41) is 3.03. The van der Waals surface area contributed by atoms with E-state index in [0.29, 0.717) is 6.42 Å². The zero-order valence-electron chi connectivity index (χ0n) is 9.01. The number of aryl methyl sites for hydroxylation is 1. The first-order chi connectivity index (χ1) is 7.75. The number of thiazole rings is 1. The Kier molecular flexibility index (Phi) is 3.41. The molecule has 0 unspecified atom stereocenters. The van der Waals surface area contributed by atoms with Gasteiger partial charge in [0, 0.05) is 36.2 Å². The summed E-state index contributed by atoms with van der Waals surface area (Å²) in [6.45, 7) is 1.61. The highest BCUT2D eigenvalue weighted by Gasteiger charge is 2.04. The lowest BCUT2D eigenvalue weighted by atomic mass is 10.2. The fraction of sp³-hybridized carbons (Fsp3) is 0.250. The van der Waals surface area contributed by atoms with E-state index in [9.17, 15) is 4.79 Å². The standard InChI is InChI=1S/C12H12N2OS/c1-9(15)2-3-12-14-11(8-16-12)10-4-6-13-7-5-10/h4-8H,2-3H2,1H3. The molecule has 2 aromatic heterocycles. The zero-order chi connectivity index (χ0) is 11.4. The molecular weight excluding hydrogens is 220 g/mol. The van der Waals surface area contributed by atoms with Gasteiger partial charge in [0.05, 0.1) is 10.7 Å². The molecule has 0 N–H and O–H groups in total. The Morgan fingerprint density at radius 2 is 2.12 bits per heavy atom. The van der Waals surface area contributed by atoms with Crippen LogP contribution >= 0.6 is 11.3 Å². The average Bonchev–Trinajstić information content (AvgIpc) is 2.76. The van der Waals surface area contributed by atoms with Gasteiger partial charge in [0.25, 0.3) is 0 Å². The summed E-state index contributed by atoms with van der Waals surface area (Å²) >= 11 is 1.60. The van der Waals surface area contributed by atoms with Crippen LogP contribution in [0.4, 0.5) is 0 Å². The van der Waals surface area contributed by atoms with E-state index in [-0.39, 0.29) is 5.78 Å². The van der Waals surface area contributed by atoms with Crippen LogP contribution < -0.4 is 0 Å². The topological polar surface area (TPSA) is 42.9 Å². The summed E-state index contributed by atoms with van der Waals surface area (Å²) in [5.74, 6) is 0.209. The van der Waals surface area contributed by atoms with Crippen molar-refractivity contribution in [3.05, 3.63) is 34.9 Å². The molecule has 0 aliphatic carbocycles. The van der Waals surface area contributed by atoms with Crippen LogP contribution in [0.15, 0.2) is 29.9 Å². The van der Waals surface area contributed by atoms with E-state index in [2.05, 4.69) is 9.97 Å². The minimum atomic E-state index is 0.209. The Labute approximate surface area is 98.2 Å². The molecule has 0 saturated carbocycles. The second-order valence-electron chi connectivity index (χ2n) is 3.56. The van der Waals surface area contributed by atoms with Crippen molar-refractivity contribution in [2.45, 2.75) is 19.8 Å². The predicted molar refractivity (Wildman–Crippen MR) is 64.3 cm³/mol. The molecule has 0 aliphatic rings. The minimum Gasteiger partial charge on any atom is -0.300 e. The summed E-state index contributed by atoms with van der Waals surface area (Å²) in [6, 6.07) is 3.87. The highest BCUT2D eigenvalue weighted by Crippen LogP contribution is 2.21. The van der Waals surface area contributed by atoms with Crippen LogP contribution in [-0.4, -0.2) is 15.8 Å². The maximum Gasteiger partial charge on any atom is 0.130 e. The third kappa shape index (κ3) is 2.73. The van der Waals surface area contributed by atoms with Crippen molar-refractivity contribution in [1.82, 2.24) is 9.97 Å². The third-order valence-electron chi connectivity index (χ3n) is 2.22. The van der Waals surface area contributed by atoms with E-state index in [1.807, 2.05) is 17.5 Å². The van der Waals surface area contributed by atoms with Gasteiger partial charge in [-0.3, -0.25) is 4.98 Å². The van der Waals surface area contributed by atoms with E-state index in [0.717, 1.165) is 22.7 Å². The van der Waals surface area contributed by atoms with Crippen molar-refractivity contribution < 1.29 is 4.79 Å². The van der Waals surface area contributed by atoms with E-state index in [1.165, 1.54) is 0 Å². The second-order valence-corrected chi connectivity index (χ2v) is 4.51. The Morgan fingerprint density at radius 3 is 2.81 bits per heavy atom. The summed E-state index contributed by atoms with van der Waals surface area (Å²) < 4.78 is 0. The number of ketones is 1. The van der Waals surface area contributed by atoms with E-state index < -0.39 is 0 Å². The fourth-order valence-corrected chi connectivity index (χ4v) is 2.17. The first-order valence-corrected chi connectivity index (χ1v) is 5.98. The second kappa shape index (κ2) is 4.99. The van der Waals surface area contributed by atoms with Crippen molar-refractivity contribution >= 4 is 17.1 Å². The van der Waals surface area contributed by atoms with Crippen molar-refractivity contribution in [2.24, 2.45) is 0 Å². The molecule has 0 aromatic carbocycles. The van der Waals surface area contributed by atoms with Gasteiger partial charge in [0.1, 0.15) is 5.78 Å². The van der Waals surface area contributed by atoms with E-state index in [4.69, 9.17) is 0 Å². The van der Waals surface area contributed by atoms with Crippen LogP contribution in [0.3, 0.4) is 0 Å². The maximum absolute atomic E-state index is 10.9. The van der Waals surface area contributed by atoms with Gasteiger partial charge in [0.2, 0.25) is 0 Å². The number of hydrogen-bond acceptors (Lipinski definition) is 4. The lowest BCUT2D eigenvalue weighted by Crippen LogP contribution is -1.93. The van der Waals surface area contributed by atoms with E-state index >= 15 is 0 Å². The quantitative estimate of drug-likeness (QED) is 0.814. The Bertz CT molecular complexity index is 479. The van der Waals surface area contributed by atoms with Gasteiger partial charge in [-0.05, 0) is 19.1 Å².